The first-order valence-electron chi connectivity index (χ1n) is 4.82. The molecule has 0 aliphatic rings. The summed E-state index contributed by atoms with van der Waals surface area (Å²) in [5, 5.41) is 0. The van der Waals surface area contributed by atoms with E-state index in [4.69, 9.17) is 0 Å². The van der Waals surface area contributed by atoms with E-state index < -0.39 is 0 Å². The van der Waals surface area contributed by atoms with Gasteiger partial charge >= 0.3 is 0 Å². The molecule has 2 nitrogen and oxygen atoms in total. The van der Waals surface area contributed by atoms with Crippen LogP contribution in [0.15, 0.2) is 48.9 Å². The van der Waals surface area contributed by atoms with Gasteiger partial charge in [0, 0.05) is 30.1 Å². The number of hydrogen-bond donors (Lipinski definition) is 0. The molecule has 0 unspecified atom stereocenters. The van der Waals surface area contributed by atoms with Crippen molar-refractivity contribution in [3.05, 3.63) is 60.2 Å². The molecule has 76 valence electrons. The van der Waals surface area contributed by atoms with E-state index in [0.29, 0.717) is 0 Å². The molecule has 0 saturated carbocycles. The number of aromatic nitrogens is 2. The lowest BCUT2D eigenvalue weighted by molar-refractivity contribution is 1.10. The van der Waals surface area contributed by atoms with E-state index >= 15 is 0 Å². The van der Waals surface area contributed by atoms with E-state index in [0.717, 1.165) is 17.2 Å². The second-order valence-electron chi connectivity index (χ2n) is 3.18. The Bertz CT molecular complexity index is 349. The molecule has 0 fully saturated rings. The fraction of sp³-hybridized carbons (Fsp3) is 0.167. The third-order valence-electron chi connectivity index (χ3n) is 1.98. The zero-order valence-electron chi connectivity index (χ0n) is 8.34. The van der Waals surface area contributed by atoms with Crippen molar-refractivity contribution in [2.45, 2.75) is 11.5 Å². The molecule has 0 aliphatic heterocycles. The van der Waals surface area contributed by atoms with Crippen LogP contribution < -0.4 is 0 Å². The quantitative estimate of drug-likeness (QED) is 0.786. The molecule has 15 heavy (non-hydrogen) atoms. The van der Waals surface area contributed by atoms with E-state index in [1.54, 1.807) is 12.4 Å². The Hall–Kier alpha value is -1.35. The summed E-state index contributed by atoms with van der Waals surface area (Å²) in [6, 6.07) is 10.5. The summed E-state index contributed by atoms with van der Waals surface area (Å²) in [5.74, 6) is 1.94. The molecular formula is C12H12N2S. The van der Waals surface area contributed by atoms with E-state index in [9.17, 15) is 0 Å². The highest BCUT2D eigenvalue weighted by atomic mass is 32.2. The van der Waals surface area contributed by atoms with Crippen molar-refractivity contribution in [3.8, 4) is 0 Å². The van der Waals surface area contributed by atoms with Crippen LogP contribution in [0.5, 0.6) is 0 Å². The molecule has 0 amide bonds. The average molecular weight is 216 g/mol. The molecule has 0 aliphatic carbocycles. The lowest BCUT2D eigenvalue weighted by atomic mass is 10.2. The molecule has 2 aromatic rings. The van der Waals surface area contributed by atoms with Crippen LogP contribution in [0.4, 0.5) is 0 Å². The lowest BCUT2D eigenvalue weighted by Crippen LogP contribution is -1.87. The van der Waals surface area contributed by atoms with Gasteiger partial charge in [-0.3, -0.25) is 9.97 Å². The van der Waals surface area contributed by atoms with E-state index in [-0.39, 0.29) is 0 Å². The smallest absolute Gasteiger partial charge is 0.0685 e. The molecule has 1 aromatic carbocycles. The fourth-order valence-electron chi connectivity index (χ4n) is 1.25. The third-order valence-corrected chi connectivity index (χ3v) is 3.02. The monoisotopic (exact) mass is 216 g/mol. The Morgan fingerprint density at radius 2 is 1.87 bits per heavy atom. The van der Waals surface area contributed by atoms with E-state index in [1.165, 1.54) is 5.56 Å². The number of thioether (sulfide) groups is 1. The second-order valence-corrected chi connectivity index (χ2v) is 4.16. The largest absolute Gasteiger partial charge is 0.261 e. The topological polar surface area (TPSA) is 25.8 Å². The van der Waals surface area contributed by atoms with E-state index in [1.807, 2.05) is 24.0 Å². The van der Waals surface area contributed by atoms with Crippen LogP contribution in [0.25, 0.3) is 0 Å². The first-order chi connectivity index (χ1) is 7.45. The van der Waals surface area contributed by atoms with Gasteiger partial charge in [0.15, 0.2) is 0 Å². The predicted molar refractivity (Wildman–Crippen MR) is 63.5 cm³/mol. The third kappa shape index (κ3) is 3.36. The number of rotatable bonds is 4. The number of hydrogen-bond acceptors (Lipinski definition) is 3. The van der Waals surface area contributed by atoms with Gasteiger partial charge in [0.05, 0.1) is 5.69 Å². The van der Waals surface area contributed by atoms with Gasteiger partial charge in [-0.05, 0) is 5.56 Å². The molecular weight excluding hydrogens is 204 g/mol. The van der Waals surface area contributed by atoms with Gasteiger partial charge in [0.1, 0.15) is 0 Å². The second kappa shape index (κ2) is 5.51. The molecule has 0 atom stereocenters. The Morgan fingerprint density at radius 3 is 2.60 bits per heavy atom. The molecule has 0 spiro atoms. The maximum absolute atomic E-state index is 4.23. The van der Waals surface area contributed by atoms with Crippen molar-refractivity contribution in [3.63, 3.8) is 0 Å². The van der Waals surface area contributed by atoms with Gasteiger partial charge in [0.2, 0.25) is 0 Å². The first-order valence-corrected chi connectivity index (χ1v) is 5.97. The van der Waals surface area contributed by atoms with Crippen molar-refractivity contribution in [1.29, 1.82) is 0 Å². The van der Waals surface area contributed by atoms with Crippen LogP contribution in [-0.4, -0.2) is 9.97 Å². The molecule has 1 heterocycles. The Labute approximate surface area is 93.8 Å². The van der Waals surface area contributed by atoms with Crippen LogP contribution in [0.1, 0.15) is 11.3 Å². The predicted octanol–water partition coefficient (Wildman–Crippen LogP) is 2.91. The van der Waals surface area contributed by atoms with Crippen LogP contribution in [0.2, 0.25) is 0 Å². The minimum atomic E-state index is 0.919. The van der Waals surface area contributed by atoms with Crippen LogP contribution in [-0.2, 0) is 11.5 Å². The molecule has 1 aromatic heterocycles. The van der Waals surface area contributed by atoms with Crippen LogP contribution in [0, 0.1) is 0 Å². The number of benzene rings is 1. The van der Waals surface area contributed by atoms with Crippen molar-refractivity contribution < 1.29 is 0 Å². The van der Waals surface area contributed by atoms with Gasteiger partial charge in [0.25, 0.3) is 0 Å². The highest BCUT2D eigenvalue weighted by molar-refractivity contribution is 7.97. The molecule has 0 bridgehead atoms. The maximum Gasteiger partial charge on any atom is 0.0685 e. The summed E-state index contributed by atoms with van der Waals surface area (Å²) in [5.41, 5.74) is 2.39. The first kappa shape index (κ1) is 10.2. The van der Waals surface area contributed by atoms with Crippen LogP contribution >= 0.6 is 11.8 Å². The number of nitrogens with zero attached hydrogens (tertiary/aromatic N) is 2. The summed E-state index contributed by atoms with van der Waals surface area (Å²) in [6.45, 7) is 0. The zero-order chi connectivity index (χ0) is 10.3. The van der Waals surface area contributed by atoms with Gasteiger partial charge in [-0.2, -0.15) is 11.8 Å². The minimum absolute atomic E-state index is 0.919. The highest BCUT2D eigenvalue weighted by Gasteiger charge is 1.95. The SMILES string of the molecule is c1ccc(CSCc2cnccn2)cc1. The molecule has 0 saturated heterocycles. The van der Waals surface area contributed by atoms with Crippen molar-refractivity contribution in [2.24, 2.45) is 0 Å². The van der Waals surface area contributed by atoms with Gasteiger partial charge < -0.3 is 0 Å². The summed E-state index contributed by atoms with van der Waals surface area (Å²) in [6.07, 6.45) is 5.25. The average Bonchev–Trinajstić information content (AvgIpc) is 2.32. The zero-order valence-corrected chi connectivity index (χ0v) is 9.15. The fourth-order valence-corrected chi connectivity index (χ4v) is 2.14. The summed E-state index contributed by atoms with van der Waals surface area (Å²) in [4.78, 5) is 8.26. The van der Waals surface area contributed by atoms with Gasteiger partial charge in [-0.1, -0.05) is 30.3 Å². The van der Waals surface area contributed by atoms with E-state index in [2.05, 4.69) is 34.2 Å². The Balaban J connectivity index is 1.81. The molecule has 0 radical (unpaired) electrons. The van der Waals surface area contributed by atoms with Gasteiger partial charge in [-0.25, -0.2) is 0 Å². The molecule has 0 N–H and O–H groups in total. The van der Waals surface area contributed by atoms with Crippen LogP contribution in [0.3, 0.4) is 0 Å². The van der Waals surface area contributed by atoms with Crippen molar-refractivity contribution in [1.82, 2.24) is 9.97 Å². The lowest BCUT2D eigenvalue weighted by Gasteiger charge is -2.00. The van der Waals surface area contributed by atoms with Crippen molar-refractivity contribution in [2.75, 3.05) is 0 Å². The van der Waals surface area contributed by atoms with Gasteiger partial charge in [-0.15, -0.1) is 0 Å². The van der Waals surface area contributed by atoms with Crippen molar-refractivity contribution >= 4 is 11.8 Å². The summed E-state index contributed by atoms with van der Waals surface area (Å²) < 4.78 is 0. The maximum atomic E-state index is 4.23. The summed E-state index contributed by atoms with van der Waals surface area (Å²) in [7, 11) is 0. The summed E-state index contributed by atoms with van der Waals surface area (Å²) >= 11 is 1.86. The molecule has 2 rings (SSSR count). The minimum Gasteiger partial charge on any atom is -0.261 e. The normalized spacial score (nSPS) is 10.1. The highest BCUT2D eigenvalue weighted by Crippen LogP contribution is 2.15. The Morgan fingerprint density at radius 1 is 1.00 bits per heavy atom. The Kier molecular flexibility index (Phi) is 3.74. The molecule has 3 heteroatoms. The standard InChI is InChI=1S/C12H12N2S/c1-2-4-11(5-3-1)9-15-10-12-8-13-6-7-14-12/h1-8H,9-10H2.